The molecule has 64 valence electrons. The molecule has 0 aliphatic carbocycles. The van der Waals surface area contributed by atoms with Crippen LogP contribution in [-0.4, -0.2) is 29.8 Å². The molecular weight excluding hydrogens is 164 g/mol. The minimum Gasteiger partial charge on any atom is -0.394 e. The van der Waals surface area contributed by atoms with Crippen LogP contribution in [0, 0.1) is 11.8 Å². The average Bonchev–Trinajstić information content (AvgIpc) is 2.00. The van der Waals surface area contributed by atoms with Crippen molar-refractivity contribution < 1.29 is 9.84 Å². The van der Waals surface area contributed by atoms with Gasteiger partial charge in [0.25, 0.3) is 0 Å². The van der Waals surface area contributed by atoms with Crippen molar-refractivity contribution >= 4 is 11.6 Å². The molecule has 0 bridgehead atoms. The number of hydrogen-bond donors (Lipinski definition) is 1. The summed E-state index contributed by atoms with van der Waals surface area (Å²) >= 11 is 5.55. The first-order valence-electron chi connectivity index (χ1n) is 3.34. The van der Waals surface area contributed by atoms with Crippen LogP contribution in [0.1, 0.15) is 13.8 Å². The van der Waals surface area contributed by atoms with Crippen molar-refractivity contribution in [1.29, 1.82) is 0 Å². The predicted octanol–water partition coefficient (Wildman–Crippen LogP) is 1.01. The van der Waals surface area contributed by atoms with Crippen LogP contribution in [0.3, 0.4) is 0 Å². The lowest BCUT2D eigenvalue weighted by Crippen LogP contribution is -2.20. The highest BCUT2D eigenvalue weighted by atomic mass is 35.5. The number of methoxy groups -OCH3 is 1. The maximum absolute atomic E-state index is 8.53. The van der Waals surface area contributed by atoms with Gasteiger partial charge in [0, 0.05) is 7.11 Å². The van der Waals surface area contributed by atoms with E-state index in [1.807, 2.05) is 13.8 Å². The van der Waals surface area contributed by atoms with Crippen molar-refractivity contribution in [3.8, 4) is 11.8 Å². The van der Waals surface area contributed by atoms with E-state index in [1.54, 1.807) is 7.11 Å². The standard InChI is InChI=1S/C8H13ClO2/c1-8(2,11-3)5-4-7(9)6-10/h7,10H,6H2,1-3H3. The summed E-state index contributed by atoms with van der Waals surface area (Å²) in [6.45, 7) is 3.54. The van der Waals surface area contributed by atoms with Crippen LogP contribution in [0.4, 0.5) is 0 Å². The van der Waals surface area contributed by atoms with Gasteiger partial charge < -0.3 is 9.84 Å². The molecule has 2 nitrogen and oxygen atoms in total. The Morgan fingerprint density at radius 1 is 1.64 bits per heavy atom. The zero-order valence-corrected chi connectivity index (χ0v) is 7.77. The molecule has 0 aromatic heterocycles. The van der Waals surface area contributed by atoms with E-state index in [4.69, 9.17) is 21.4 Å². The van der Waals surface area contributed by atoms with E-state index in [0.29, 0.717) is 0 Å². The number of ether oxygens (including phenoxy) is 1. The molecule has 0 spiro atoms. The normalized spacial score (nSPS) is 13.5. The van der Waals surface area contributed by atoms with Crippen LogP contribution >= 0.6 is 11.6 Å². The highest BCUT2D eigenvalue weighted by molar-refractivity contribution is 6.22. The Morgan fingerprint density at radius 2 is 2.18 bits per heavy atom. The number of aliphatic hydroxyl groups is 1. The van der Waals surface area contributed by atoms with Gasteiger partial charge in [0.05, 0.1) is 6.61 Å². The summed E-state index contributed by atoms with van der Waals surface area (Å²) in [5, 5.41) is 8.03. The smallest absolute Gasteiger partial charge is 0.122 e. The molecular formula is C8H13ClO2. The second-order valence-electron chi connectivity index (χ2n) is 2.63. The summed E-state index contributed by atoms with van der Waals surface area (Å²) < 4.78 is 5.02. The first-order chi connectivity index (χ1) is 5.02. The zero-order valence-electron chi connectivity index (χ0n) is 7.02. The summed E-state index contributed by atoms with van der Waals surface area (Å²) in [4.78, 5) is 0. The molecule has 3 heteroatoms. The van der Waals surface area contributed by atoms with Crippen molar-refractivity contribution in [3.63, 3.8) is 0 Å². The minimum absolute atomic E-state index is 0.131. The molecule has 0 aliphatic rings. The summed E-state index contributed by atoms with van der Waals surface area (Å²) in [6, 6.07) is 0. The number of alkyl halides is 1. The minimum atomic E-state index is -0.496. The Labute approximate surface area is 72.5 Å². The van der Waals surface area contributed by atoms with E-state index in [1.165, 1.54) is 0 Å². The van der Waals surface area contributed by atoms with Gasteiger partial charge in [0.15, 0.2) is 0 Å². The van der Waals surface area contributed by atoms with Crippen molar-refractivity contribution in [3.05, 3.63) is 0 Å². The lowest BCUT2D eigenvalue weighted by Gasteiger charge is -2.14. The van der Waals surface area contributed by atoms with Gasteiger partial charge in [-0.1, -0.05) is 11.8 Å². The van der Waals surface area contributed by atoms with Crippen molar-refractivity contribution in [2.45, 2.75) is 24.8 Å². The lowest BCUT2D eigenvalue weighted by molar-refractivity contribution is 0.0740. The number of aliphatic hydroxyl groups excluding tert-OH is 1. The maximum atomic E-state index is 8.53. The fourth-order valence-electron chi connectivity index (χ4n) is 0.349. The summed E-state index contributed by atoms with van der Waals surface area (Å²) in [5.74, 6) is 5.46. The van der Waals surface area contributed by atoms with Crippen LogP contribution in [0.25, 0.3) is 0 Å². The predicted molar refractivity (Wildman–Crippen MR) is 45.6 cm³/mol. The Balaban J connectivity index is 4.05. The SMILES string of the molecule is COC(C)(C)C#CC(Cl)CO. The summed E-state index contributed by atoms with van der Waals surface area (Å²) in [6.07, 6.45) is 0. The van der Waals surface area contributed by atoms with Crippen molar-refractivity contribution in [2.24, 2.45) is 0 Å². The fraction of sp³-hybridized carbons (Fsp3) is 0.750. The quantitative estimate of drug-likeness (QED) is 0.503. The van der Waals surface area contributed by atoms with Crippen molar-refractivity contribution in [2.75, 3.05) is 13.7 Å². The Morgan fingerprint density at radius 3 is 2.55 bits per heavy atom. The van der Waals surface area contributed by atoms with Gasteiger partial charge in [0.2, 0.25) is 0 Å². The molecule has 0 aliphatic heterocycles. The highest BCUT2D eigenvalue weighted by Gasteiger charge is 2.11. The van der Waals surface area contributed by atoms with E-state index in [0.717, 1.165) is 0 Å². The summed E-state index contributed by atoms with van der Waals surface area (Å²) in [7, 11) is 1.58. The fourth-order valence-corrected chi connectivity index (χ4v) is 0.403. The Hall–Kier alpha value is -0.230. The van der Waals surface area contributed by atoms with E-state index in [9.17, 15) is 0 Å². The third kappa shape index (κ3) is 5.09. The Kier molecular flexibility index (Phi) is 4.51. The maximum Gasteiger partial charge on any atom is 0.122 e. The first kappa shape index (κ1) is 10.8. The van der Waals surface area contributed by atoms with Gasteiger partial charge in [-0.25, -0.2) is 0 Å². The van der Waals surface area contributed by atoms with Gasteiger partial charge in [-0.3, -0.25) is 0 Å². The Bertz CT molecular complexity index is 167. The van der Waals surface area contributed by atoms with E-state index >= 15 is 0 Å². The van der Waals surface area contributed by atoms with Gasteiger partial charge in [0.1, 0.15) is 11.0 Å². The van der Waals surface area contributed by atoms with Gasteiger partial charge in [-0.05, 0) is 13.8 Å². The molecule has 0 rings (SSSR count). The molecule has 0 aromatic carbocycles. The van der Waals surface area contributed by atoms with E-state index < -0.39 is 11.0 Å². The molecule has 0 saturated carbocycles. The number of halogens is 1. The van der Waals surface area contributed by atoms with E-state index in [-0.39, 0.29) is 6.61 Å². The third-order valence-electron chi connectivity index (χ3n) is 1.20. The topological polar surface area (TPSA) is 29.5 Å². The molecule has 1 N–H and O–H groups in total. The first-order valence-corrected chi connectivity index (χ1v) is 3.78. The van der Waals surface area contributed by atoms with Crippen molar-refractivity contribution in [1.82, 2.24) is 0 Å². The largest absolute Gasteiger partial charge is 0.394 e. The molecule has 0 saturated heterocycles. The van der Waals surface area contributed by atoms with Crippen LogP contribution in [0.15, 0.2) is 0 Å². The molecule has 0 aromatic rings. The van der Waals surface area contributed by atoms with E-state index in [2.05, 4.69) is 11.8 Å². The molecule has 0 heterocycles. The lowest BCUT2D eigenvalue weighted by atomic mass is 10.1. The molecule has 0 fully saturated rings. The molecule has 1 atom stereocenters. The van der Waals surface area contributed by atoms with Crippen LogP contribution in [0.5, 0.6) is 0 Å². The van der Waals surface area contributed by atoms with Gasteiger partial charge >= 0.3 is 0 Å². The van der Waals surface area contributed by atoms with Crippen LogP contribution in [0.2, 0.25) is 0 Å². The van der Waals surface area contributed by atoms with Gasteiger partial charge in [-0.15, -0.1) is 11.6 Å². The third-order valence-corrected chi connectivity index (χ3v) is 1.45. The zero-order chi connectivity index (χ0) is 8.91. The number of hydrogen-bond acceptors (Lipinski definition) is 2. The van der Waals surface area contributed by atoms with Gasteiger partial charge in [-0.2, -0.15) is 0 Å². The van der Waals surface area contributed by atoms with Crippen LogP contribution < -0.4 is 0 Å². The highest BCUT2D eigenvalue weighted by Crippen LogP contribution is 2.04. The van der Waals surface area contributed by atoms with Crippen LogP contribution in [-0.2, 0) is 4.74 Å². The number of rotatable bonds is 2. The molecule has 0 radical (unpaired) electrons. The monoisotopic (exact) mass is 176 g/mol. The average molecular weight is 177 g/mol. The molecule has 0 amide bonds. The second-order valence-corrected chi connectivity index (χ2v) is 3.16. The molecule has 11 heavy (non-hydrogen) atoms. The molecule has 1 unspecified atom stereocenters. The summed E-state index contributed by atoms with van der Waals surface area (Å²) in [5.41, 5.74) is -0.484. The second kappa shape index (κ2) is 4.61.